The summed E-state index contributed by atoms with van der Waals surface area (Å²) in [4.78, 5) is 0. The minimum atomic E-state index is 0.796. The third kappa shape index (κ3) is 3.77. The highest BCUT2D eigenvalue weighted by Crippen LogP contribution is 2.37. The van der Waals surface area contributed by atoms with Gasteiger partial charge in [0.1, 0.15) is 0 Å². The van der Waals surface area contributed by atoms with Gasteiger partial charge < -0.3 is 5.32 Å². The average molecular weight is 292 g/mol. The van der Waals surface area contributed by atoms with Crippen LogP contribution in [0.3, 0.4) is 0 Å². The first-order chi connectivity index (χ1) is 9.72. The molecule has 0 amide bonds. The zero-order valence-electron chi connectivity index (χ0n) is 12.4. The van der Waals surface area contributed by atoms with E-state index >= 15 is 0 Å². The number of hydrogen-bond acceptors (Lipinski definition) is 1. The van der Waals surface area contributed by atoms with E-state index in [4.69, 9.17) is 11.6 Å². The van der Waals surface area contributed by atoms with Crippen LogP contribution in [0.15, 0.2) is 24.3 Å². The molecule has 2 aliphatic rings. The SMILES string of the molecule is CC1CCC(CNC2CC2)C(Cc2ccccc2Cl)C1. The Morgan fingerprint density at radius 2 is 1.90 bits per heavy atom. The molecule has 0 aliphatic heterocycles. The summed E-state index contributed by atoms with van der Waals surface area (Å²) in [6.07, 6.45) is 8.08. The Bertz CT molecular complexity index is 441. The lowest BCUT2D eigenvalue weighted by Gasteiger charge is -2.35. The summed E-state index contributed by atoms with van der Waals surface area (Å²) in [5.41, 5.74) is 1.34. The number of rotatable bonds is 5. The summed E-state index contributed by atoms with van der Waals surface area (Å²) in [6, 6.07) is 9.20. The second-order valence-electron chi connectivity index (χ2n) is 6.92. The third-order valence-corrected chi connectivity index (χ3v) is 5.46. The molecule has 2 aliphatic carbocycles. The molecule has 20 heavy (non-hydrogen) atoms. The van der Waals surface area contributed by atoms with Crippen molar-refractivity contribution in [3.63, 3.8) is 0 Å². The van der Waals surface area contributed by atoms with Crippen molar-refractivity contribution >= 4 is 11.6 Å². The summed E-state index contributed by atoms with van der Waals surface area (Å²) in [5, 5.41) is 4.68. The van der Waals surface area contributed by atoms with Gasteiger partial charge in [0, 0.05) is 11.1 Å². The van der Waals surface area contributed by atoms with Crippen molar-refractivity contribution in [1.29, 1.82) is 0 Å². The van der Waals surface area contributed by atoms with Crippen molar-refractivity contribution in [2.45, 2.75) is 51.5 Å². The molecule has 2 fully saturated rings. The first-order valence-electron chi connectivity index (χ1n) is 8.19. The Hall–Kier alpha value is -0.530. The van der Waals surface area contributed by atoms with E-state index in [1.165, 1.54) is 44.2 Å². The molecule has 0 heterocycles. The topological polar surface area (TPSA) is 12.0 Å². The fourth-order valence-electron chi connectivity index (χ4n) is 3.63. The van der Waals surface area contributed by atoms with Crippen molar-refractivity contribution in [3.05, 3.63) is 34.9 Å². The Labute approximate surface area is 128 Å². The Morgan fingerprint density at radius 3 is 2.65 bits per heavy atom. The van der Waals surface area contributed by atoms with Crippen LogP contribution in [0.5, 0.6) is 0 Å². The first kappa shape index (κ1) is 14.4. The predicted octanol–water partition coefficient (Wildman–Crippen LogP) is 4.69. The van der Waals surface area contributed by atoms with Crippen LogP contribution in [0.25, 0.3) is 0 Å². The third-order valence-electron chi connectivity index (χ3n) is 5.09. The summed E-state index contributed by atoms with van der Waals surface area (Å²) < 4.78 is 0. The monoisotopic (exact) mass is 291 g/mol. The maximum Gasteiger partial charge on any atom is 0.0438 e. The highest BCUT2D eigenvalue weighted by atomic mass is 35.5. The molecule has 0 spiro atoms. The standard InChI is InChI=1S/C18H26ClN/c1-13-6-7-15(12-20-17-8-9-17)16(10-13)11-14-4-2-3-5-18(14)19/h2-5,13,15-17,20H,6-12H2,1H3. The molecule has 1 N–H and O–H groups in total. The van der Waals surface area contributed by atoms with Crippen LogP contribution in [-0.2, 0) is 6.42 Å². The zero-order valence-corrected chi connectivity index (χ0v) is 13.2. The van der Waals surface area contributed by atoms with Crippen LogP contribution in [0.1, 0.15) is 44.6 Å². The van der Waals surface area contributed by atoms with Crippen LogP contribution in [0.2, 0.25) is 5.02 Å². The summed E-state index contributed by atoms with van der Waals surface area (Å²) in [7, 11) is 0. The Morgan fingerprint density at radius 1 is 1.10 bits per heavy atom. The molecular weight excluding hydrogens is 266 g/mol. The molecule has 0 aromatic heterocycles. The quantitative estimate of drug-likeness (QED) is 0.830. The van der Waals surface area contributed by atoms with Crippen molar-refractivity contribution in [3.8, 4) is 0 Å². The van der Waals surface area contributed by atoms with Crippen molar-refractivity contribution in [2.75, 3.05) is 6.54 Å². The smallest absolute Gasteiger partial charge is 0.0438 e. The second-order valence-corrected chi connectivity index (χ2v) is 7.32. The maximum atomic E-state index is 6.35. The van der Waals surface area contributed by atoms with Crippen LogP contribution >= 0.6 is 11.6 Å². The maximum absolute atomic E-state index is 6.35. The molecule has 0 bridgehead atoms. The van der Waals surface area contributed by atoms with Crippen molar-refractivity contribution < 1.29 is 0 Å². The minimum Gasteiger partial charge on any atom is -0.314 e. The summed E-state index contributed by atoms with van der Waals surface area (Å²) >= 11 is 6.35. The van der Waals surface area contributed by atoms with Crippen LogP contribution in [0.4, 0.5) is 0 Å². The van der Waals surface area contributed by atoms with E-state index in [0.717, 1.165) is 35.2 Å². The van der Waals surface area contributed by atoms with Gasteiger partial charge in [-0.25, -0.2) is 0 Å². The molecule has 2 saturated carbocycles. The van der Waals surface area contributed by atoms with E-state index in [0.29, 0.717) is 0 Å². The van der Waals surface area contributed by atoms with Crippen LogP contribution in [-0.4, -0.2) is 12.6 Å². The van der Waals surface area contributed by atoms with E-state index in [9.17, 15) is 0 Å². The van der Waals surface area contributed by atoms with Gasteiger partial charge in [0.05, 0.1) is 0 Å². The Kier molecular flexibility index (Phi) is 4.68. The van der Waals surface area contributed by atoms with E-state index in [1.807, 2.05) is 12.1 Å². The second kappa shape index (κ2) is 6.49. The highest BCUT2D eigenvalue weighted by Gasteiger charge is 2.30. The average Bonchev–Trinajstić information content (AvgIpc) is 3.25. The number of halogens is 1. The normalized spacial score (nSPS) is 30.4. The van der Waals surface area contributed by atoms with E-state index in [2.05, 4.69) is 24.4 Å². The molecule has 2 heteroatoms. The molecule has 3 rings (SSSR count). The lowest BCUT2D eigenvalue weighted by atomic mass is 9.72. The molecule has 3 unspecified atom stereocenters. The summed E-state index contributed by atoms with van der Waals surface area (Å²) in [5.74, 6) is 2.51. The number of benzene rings is 1. The van der Waals surface area contributed by atoms with Crippen LogP contribution in [0, 0.1) is 17.8 Å². The fraction of sp³-hybridized carbons (Fsp3) is 0.667. The van der Waals surface area contributed by atoms with Gasteiger partial charge in [0.25, 0.3) is 0 Å². The van der Waals surface area contributed by atoms with E-state index in [-0.39, 0.29) is 0 Å². The zero-order chi connectivity index (χ0) is 13.9. The highest BCUT2D eigenvalue weighted by molar-refractivity contribution is 6.31. The van der Waals surface area contributed by atoms with Gasteiger partial charge >= 0.3 is 0 Å². The molecule has 3 atom stereocenters. The molecule has 110 valence electrons. The Balaban J connectivity index is 1.64. The largest absolute Gasteiger partial charge is 0.314 e. The lowest BCUT2D eigenvalue weighted by Crippen LogP contribution is -2.34. The van der Waals surface area contributed by atoms with Gasteiger partial charge in [-0.05, 0) is 68.0 Å². The molecule has 1 nitrogen and oxygen atoms in total. The number of nitrogens with one attached hydrogen (secondary N) is 1. The number of hydrogen-bond donors (Lipinski definition) is 1. The van der Waals surface area contributed by atoms with Gasteiger partial charge in [-0.3, -0.25) is 0 Å². The van der Waals surface area contributed by atoms with Gasteiger partial charge in [0.15, 0.2) is 0 Å². The molecule has 1 aromatic rings. The van der Waals surface area contributed by atoms with Gasteiger partial charge in [-0.2, -0.15) is 0 Å². The fourth-order valence-corrected chi connectivity index (χ4v) is 3.84. The van der Waals surface area contributed by atoms with Gasteiger partial charge in [-0.15, -0.1) is 0 Å². The molecular formula is C18H26ClN. The summed E-state index contributed by atoms with van der Waals surface area (Å²) in [6.45, 7) is 3.62. The van der Waals surface area contributed by atoms with Crippen LogP contribution < -0.4 is 5.32 Å². The van der Waals surface area contributed by atoms with E-state index < -0.39 is 0 Å². The molecule has 0 saturated heterocycles. The first-order valence-corrected chi connectivity index (χ1v) is 8.57. The van der Waals surface area contributed by atoms with E-state index in [1.54, 1.807) is 0 Å². The lowest BCUT2D eigenvalue weighted by molar-refractivity contribution is 0.183. The van der Waals surface area contributed by atoms with Crippen molar-refractivity contribution in [1.82, 2.24) is 5.32 Å². The van der Waals surface area contributed by atoms with Crippen molar-refractivity contribution in [2.24, 2.45) is 17.8 Å². The molecule has 0 radical (unpaired) electrons. The van der Waals surface area contributed by atoms with Gasteiger partial charge in [0.2, 0.25) is 0 Å². The minimum absolute atomic E-state index is 0.796. The molecule has 1 aromatic carbocycles. The van der Waals surface area contributed by atoms with Gasteiger partial charge in [-0.1, -0.05) is 43.1 Å². The predicted molar refractivity (Wildman–Crippen MR) is 86.2 cm³/mol.